The lowest BCUT2D eigenvalue weighted by Crippen LogP contribution is -2.35. The largest absolute Gasteiger partial charge is 0.418 e. The molecule has 2 heterocycles. The van der Waals surface area contributed by atoms with Crippen LogP contribution in [-0.4, -0.2) is 29.4 Å². The van der Waals surface area contributed by atoms with Gasteiger partial charge in [-0.15, -0.1) is 0 Å². The second kappa shape index (κ2) is 7.78. The molecule has 3 aromatic rings. The van der Waals surface area contributed by atoms with Gasteiger partial charge in [0.1, 0.15) is 6.17 Å². The number of nitrogens with zero attached hydrogens (tertiary/aromatic N) is 4. The number of rotatable bonds is 3. The fourth-order valence-electron chi connectivity index (χ4n) is 3.41. The Balaban J connectivity index is 1.66. The van der Waals surface area contributed by atoms with Crippen molar-refractivity contribution in [2.45, 2.75) is 25.2 Å². The minimum atomic E-state index is -4.59. The molecular weight excluding hydrogens is 400 g/mol. The fraction of sp³-hybridized carbons (Fsp3) is 0.286. The van der Waals surface area contributed by atoms with Crippen LogP contribution in [-0.2, 0) is 6.18 Å². The molecule has 4 rings (SSSR count). The fourth-order valence-corrected chi connectivity index (χ4v) is 3.41. The lowest BCUT2D eigenvalue weighted by molar-refractivity contribution is -0.137. The van der Waals surface area contributed by atoms with Crippen molar-refractivity contribution in [2.75, 3.05) is 18.0 Å². The number of anilines is 1. The third kappa shape index (κ3) is 3.99. The van der Waals surface area contributed by atoms with Crippen molar-refractivity contribution in [3.63, 3.8) is 0 Å². The summed E-state index contributed by atoms with van der Waals surface area (Å²) in [7, 11) is 0. The Morgan fingerprint density at radius 3 is 2.33 bits per heavy atom. The zero-order valence-corrected chi connectivity index (χ0v) is 15.7. The molecule has 2 aromatic carbocycles. The molecule has 0 N–H and O–H groups in total. The van der Waals surface area contributed by atoms with Crippen LogP contribution in [0.4, 0.5) is 23.2 Å². The first-order valence-corrected chi connectivity index (χ1v) is 9.30. The number of nitriles is 1. The zero-order valence-electron chi connectivity index (χ0n) is 15.7. The molecule has 1 saturated heterocycles. The lowest BCUT2D eigenvalue weighted by atomic mass is 10.0. The van der Waals surface area contributed by atoms with Crippen molar-refractivity contribution >= 4 is 5.69 Å². The third-order valence-corrected chi connectivity index (χ3v) is 5.01. The van der Waals surface area contributed by atoms with Gasteiger partial charge in [0.15, 0.2) is 0 Å². The van der Waals surface area contributed by atoms with Gasteiger partial charge in [0.2, 0.25) is 5.82 Å². The number of alkyl halides is 4. The van der Waals surface area contributed by atoms with Gasteiger partial charge in [0.25, 0.3) is 5.89 Å². The molecule has 0 amide bonds. The van der Waals surface area contributed by atoms with Gasteiger partial charge in [-0.25, -0.2) is 4.39 Å². The number of piperidine rings is 1. The maximum Gasteiger partial charge on any atom is 0.418 e. The van der Waals surface area contributed by atoms with E-state index in [1.165, 1.54) is 12.1 Å². The quantitative estimate of drug-likeness (QED) is 0.547. The number of benzene rings is 2. The maximum atomic E-state index is 13.7. The highest BCUT2D eigenvalue weighted by Gasteiger charge is 2.36. The van der Waals surface area contributed by atoms with Gasteiger partial charge in [-0.2, -0.15) is 23.4 Å². The summed E-state index contributed by atoms with van der Waals surface area (Å²) >= 11 is 0. The molecule has 0 atom stereocenters. The summed E-state index contributed by atoms with van der Waals surface area (Å²) in [5.41, 5.74) is 0.376. The average Bonchev–Trinajstić information content (AvgIpc) is 3.24. The molecule has 5 nitrogen and oxygen atoms in total. The van der Waals surface area contributed by atoms with Crippen LogP contribution in [0.15, 0.2) is 47.0 Å². The van der Waals surface area contributed by atoms with E-state index >= 15 is 0 Å². The van der Waals surface area contributed by atoms with E-state index in [-0.39, 0.29) is 48.9 Å². The molecule has 0 spiro atoms. The Kier molecular flexibility index (Phi) is 5.16. The topological polar surface area (TPSA) is 66.0 Å². The monoisotopic (exact) mass is 416 g/mol. The Morgan fingerprint density at radius 1 is 1.03 bits per heavy atom. The van der Waals surface area contributed by atoms with E-state index in [0.29, 0.717) is 11.1 Å². The summed E-state index contributed by atoms with van der Waals surface area (Å²) in [6.07, 6.45) is -5.15. The first-order chi connectivity index (χ1) is 14.3. The SMILES string of the molecule is N#Cc1ccc(-c2nc(-c3ccc(N4CCC(F)CC4)c(C(F)(F)F)c3)no2)cc1. The minimum absolute atomic E-state index is 0.0221. The highest BCUT2D eigenvalue weighted by Crippen LogP contribution is 2.40. The van der Waals surface area contributed by atoms with Gasteiger partial charge < -0.3 is 9.42 Å². The molecule has 1 fully saturated rings. The predicted molar refractivity (Wildman–Crippen MR) is 101 cm³/mol. The lowest BCUT2D eigenvalue weighted by Gasteiger charge is -2.32. The first kappa shape index (κ1) is 19.9. The number of hydrogen-bond acceptors (Lipinski definition) is 5. The summed E-state index contributed by atoms with van der Waals surface area (Å²) in [5.74, 6) is 0.158. The summed E-state index contributed by atoms with van der Waals surface area (Å²) < 4.78 is 59.7. The van der Waals surface area contributed by atoms with Crippen LogP contribution in [0.2, 0.25) is 0 Å². The highest BCUT2D eigenvalue weighted by molar-refractivity contribution is 5.67. The standard InChI is InChI=1S/C21H16F4N4O/c22-16-7-9-29(10-8-16)18-6-5-15(11-17(18)21(23,24)25)19-27-20(30-28-19)14-3-1-13(12-26)2-4-14/h1-6,11,16H,7-10H2. The first-order valence-electron chi connectivity index (χ1n) is 9.30. The third-order valence-electron chi connectivity index (χ3n) is 5.01. The Labute approximate surface area is 169 Å². The second-order valence-electron chi connectivity index (χ2n) is 7.00. The molecule has 30 heavy (non-hydrogen) atoms. The van der Waals surface area contributed by atoms with Crippen molar-refractivity contribution < 1.29 is 22.1 Å². The van der Waals surface area contributed by atoms with Crippen LogP contribution in [0.5, 0.6) is 0 Å². The smallest absolute Gasteiger partial charge is 0.371 e. The predicted octanol–water partition coefficient (Wildman–Crippen LogP) is 5.23. The van der Waals surface area contributed by atoms with Gasteiger partial charge in [0, 0.05) is 29.9 Å². The van der Waals surface area contributed by atoms with Gasteiger partial charge in [-0.1, -0.05) is 5.16 Å². The van der Waals surface area contributed by atoms with E-state index in [1.807, 2.05) is 6.07 Å². The normalized spacial score (nSPS) is 15.2. The van der Waals surface area contributed by atoms with Crippen molar-refractivity contribution in [3.8, 4) is 28.9 Å². The van der Waals surface area contributed by atoms with Crippen molar-refractivity contribution in [1.29, 1.82) is 5.26 Å². The molecule has 1 aliphatic rings. The molecule has 0 bridgehead atoms. The Bertz CT molecular complexity index is 1080. The molecule has 0 saturated carbocycles. The average molecular weight is 416 g/mol. The number of hydrogen-bond donors (Lipinski definition) is 0. The Morgan fingerprint density at radius 2 is 1.70 bits per heavy atom. The molecule has 0 unspecified atom stereocenters. The van der Waals surface area contributed by atoms with E-state index in [0.717, 1.165) is 6.07 Å². The van der Waals surface area contributed by atoms with Gasteiger partial charge >= 0.3 is 6.18 Å². The molecule has 0 radical (unpaired) electrons. The van der Waals surface area contributed by atoms with Gasteiger partial charge in [-0.3, -0.25) is 0 Å². The molecule has 9 heteroatoms. The second-order valence-corrected chi connectivity index (χ2v) is 7.00. The number of halogens is 4. The van der Waals surface area contributed by atoms with E-state index in [1.54, 1.807) is 29.2 Å². The van der Waals surface area contributed by atoms with Crippen LogP contribution in [0.25, 0.3) is 22.8 Å². The minimum Gasteiger partial charge on any atom is -0.371 e. The van der Waals surface area contributed by atoms with Crippen LogP contribution in [0.1, 0.15) is 24.0 Å². The molecule has 1 aliphatic heterocycles. The zero-order chi connectivity index (χ0) is 21.3. The van der Waals surface area contributed by atoms with E-state index in [2.05, 4.69) is 10.1 Å². The van der Waals surface area contributed by atoms with Crippen LogP contribution in [0.3, 0.4) is 0 Å². The van der Waals surface area contributed by atoms with Gasteiger partial charge in [-0.05, 0) is 55.3 Å². The van der Waals surface area contributed by atoms with Crippen LogP contribution < -0.4 is 4.90 Å². The molecular formula is C21H16F4N4O. The van der Waals surface area contributed by atoms with Crippen LogP contribution in [0, 0.1) is 11.3 Å². The molecule has 154 valence electrons. The van der Waals surface area contributed by atoms with E-state index in [4.69, 9.17) is 9.78 Å². The van der Waals surface area contributed by atoms with Crippen molar-refractivity contribution in [3.05, 3.63) is 53.6 Å². The summed E-state index contributed by atoms with van der Waals surface area (Å²) in [6, 6.07) is 12.3. The summed E-state index contributed by atoms with van der Waals surface area (Å²) in [5, 5.41) is 12.7. The summed E-state index contributed by atoms with van der Waals surface area (Å²) in [4.78, 5) is 5.75. The van der Waals surface area contributed by atoms with Crippen molar-refractivity contribution in [2.24, 2.45) is 0 Å². The number of aromatic nitrogens is 2. The van der Waals surface area contributed by atoms with Gasteiger partial charge in [0.05, 0.1) is 17.2 Å². The maximum absolute atomic E-state index is 13.7. The summed E-state index contributed by atoms with van der Waals surface area (Å²) in [6.45, 7) is 0.462. The van der Waals surface area contributed by atoms with Crippen LogP contribution >= 0.6 is 0 Å². The molecule has 0 aliphatic carbocycles. The molecule has 1 aromatic heterocycles. The highest BCUT2D eigenvalue weighted by atomic mass is 19.4. The van der Waals surface area contributed by atoms with Crippen molar-refractivity contribution in [1.82, 2.24) is 10.1 Å². The van der Waals surface area contributed by atoms with E-state index in [9.17, 15) is 17.6 Å². The van der Waals surface area contributed by atoms with E-state index < -0.39 is 17.9 Å². The Hall–Kier alpha value is -3.41.